The molecule has 1 heterocycles. The zero-order valence-electron chi connectivity index (χ0n) is 10.5. The molecule has 0 saturated heterocycles. The van der Waals surface area contributed by atoms with Crippen molar-refractivity contribution in [2.24, 2.45) is 5.73 Å². The fraction of sp³-hybridized carbons (Fsp3) is 0.0625. The Bertz CT molecular complexity index is 726. The van der Waals surface area contributed by atoms with E-state index in [2.05, 4.69) is 17.1 Å². The van der Waals surface area contributed by atoms with E-state index in [0.717, 1.165) is 22.9 Å². The smallest absolute Gasteiger partial charge is 0.122 e. The minimum Gasteiger partial charge on any atom is -0.384 e. The maximum Gasteiger partial charge on any atom is 0.122 e. The number of aromatic amines is 1. The lowest BCUT2D eigenvalue weighted by Crippen LogP contribution is -2.10. The van der Waals surface area contributed by atoms with E-state index >= 15 is 0 Å². The molecule has 0 bridgehead atoms. The topological polar surface area (TPSA) is 65.7 Å². The molecular formula is C16H15N3. The Hall–Kier alpha value is -2.55. The number of rotatable bonds is 3. The number of nitrogens with one attached hydrogen (secondary N) is 2. The Kier molecular flexibility index (Phi) is 2.80. The van der Waals surface area contributed by atoms with Crippen LogP contribution in [0.2, 0.25) is 0 Å². The molecule has 4 N–H and O–H groups in total. The molecule has 0 saturated carbocycles. The lowest BCUT2D eigenvalue weighted by atomic mass is 10.0. The predicted molar refractivity (Wildman–Crippen MR) is 78.6 cm³/mol. The molecule has 0 unspecified atom stereocenters. The molecule has 0 amide bonds. The van der Waals surface area contributed by atoms with Crippen molar-refractivity contribution in [3.05, 3.63) is 71.4 Å². The third kappa shape index (κ3) is 2.22. The van der Waals surface area contributed by atoms with Crippen molar-refractivity contribution >= 4 is 16.7 Å². The molecule has 0 aliphatic rings. The summed E-state index contributed by atoms with van der Waals surface area (Å²) < 4.78 is 0. The Morgan fingerprint density at radius 1 is 1.11 bits per heavy atom. The van der Waals surface area contributed by atoms with Crippen LogP contribution < -0.4 is 5.73 Å². The SMILES string of the molecule is N=C(N)c1ccc2[nH]cc(Cc3ccccc3)c2c1. The van der Waals surface area contributed by atoms with E-state index in [9.17, 15) is 0 Å². The van der Waals surface area contributed by atoms with Crippen molar-refractivity contribution in [2.75, 3.05) is 0 Å². The van der Waals surface area contributed by atoms with Gasteiger partial charge < -0.3 is 10.7 Å². The van der Waals surface area contributed by atoms with Crippen molar-refractivity contribution in [2.45, 2.75) is 6.42 Å². The van der Waals surface area contributed by atoms with Gasteiger partial charge in [0.2, 0.25) is 0 Å². The van der Waals surface area contributed by atoms with Crippen LogP contribution in [0.4, 0.5) is 0 Å². The van der Waals surface area contributed by atoms with Crippen LogP contribution in [-0.4, -0.2) is 10.8 Å². The van der Waals surface area contributed by atoms with Gasteiger partial charge in [-0.15, -0.1) is 0 Å². The maximum absolute atomic E-state index is 7.52. The largest absolute Gasteiger partial charge is 0.384 e. The summed E-state index contributed by atoms with van der Waals surface area (Å²) in [5.41, 5.74) is 9.89. The summed E-state index contributed by atoms with van der Waals surface area (Å²) in [6.45, 7) is 0. The van der Waals surface area contributed by atoms with E-state index in [1.54, 1.807) is 0 Å². The van der Waals surface area contributed by atoms with Crippen LogP contribution in [0.15, 0.2) is 54.7 Å². The molecule has 2 aromatic carbocycles. The van der Waals surface area contributed by atoms with Crippen LogP contribution >= 0.6 is 0 Å². The highest BCUT2D eigenvalue weighted by Gasteiger charge is 2.06. The molecule has 3 rings (SSSR count). The molecule has 0 aliphatic heterocycles. The van der Waals surface area contributed by atoms with E-state index < -0.39 is 0 Å². The lowest BCUT2D eigenvalue weighted by Gasteiger charge is -2.02. The fourth-order valence-corrected chi connectivity index (χ4v) is 2.31. The molecule has 19 heavy (non-hydrogen) atoms. The van der Waals surface area contributed by atoms with Gasteiger partial charge in [0, 0.05) is 22.7 Å². The number of hydrogen-bond acceptors (Lipinski definition) is 1. The third-order valence-corrected chi connectivity index (χ3v) is 3.32. The molecule has 3 nitrogen and oxygen atoms in total. The molecule has 0 fully saturated rings. The van der Waals surface area contributed by atoms with Crippen molar-refractivity contribution in [1.29, 1.82) is 5.41 Å². The van der Waals surface area contributed by atoms with E-state index in [1.165, 1.54) is 11.1 Å². The van der Waals surface area contributed by atoms with Crippen LogP contribution in [0, 0.1) is 5.41 Å². The molecule has 3 aromatic rings. The van der Waals surface area contributed by atoms with Gasteiger partial charge in [0.15, 0.2) is 0 Å². The summed E-state index contributed by atoms with van der Waals surface area (Å²) in [5, 5.41) is 8.66. The number of nitrogens with two attached hydrogens (primary N) is 1. The first kappa shape index (κ1) is 11.5. The number of amidine groups is 1. The number of fused-ring (bicyclic) bond motifs is 1. The van der Waals surface area contributed by atoms with Gasteiger partial charge in [0.1, 0.15) is 5.84 Å². The standard InChI is InChI=1S/C16H15N3/c17-16(18)12-6-7-15-14(9-12)13(10-19-15)8-11-4-2-1-3-5-11/h1-7,9-10,19H,8H2,(H3,17,18). The molecule has 1 aromatic heterocycles. The second-order valence-electron chi connectivity index (χ2n) is 4.65. The Balaban J connectivity index is 2.04. The number of hydrogen-bond donors (Lipinski definition) is 3. The number of nitrogen functional groups attached to an aromatic ring is 1. The van der Waals surface area contributed by atoms with Crippen molar-refractivity contribution in [1.82, 2.24) is 4.98 Å². The molecule has 0 radical (unpaired) electrons. The molecule has 94 valence electrons. The van der Waals surface area contributed by atoms with E-state index in [0.29, 0.717) is 0 Å². The predicted octanol–water partition coefficient (Wildman–Crippen LogP) is 3.04. The molecule has 0 spiro atoms. The van der Waals surface area contributed by atoms with Crippen molar-refractivity contribution in [3.8, 4) is 0 Å². The highest BCUT2D eigenvalue weighted by molar-refractivity contribution is 5.99. The minimum atomic E-state index is 0.105. The summed E-state index contributed by atoms with van der Waals surface area (Å²) in [6.07, 6.45) is 2.91. The van der Waals surface area contributed by atoms with Gasteiger partial charge >= 0.3 is 0 Å². The molecular weight excluding hydrogens is 234 g/mol. The first-order chi connectivity index (χ1) is 9.24. The first-order valence-electron chi connectivity index (χ1n) is 6.22. The van der Waals surface area contributed by atoms with Crippen molar-refractivity contribution < 1.29 is 0 Å². The fourth-order valence-electron chi connectivity index (χ4n) is 2.31. The first-order valence-corrected chi connectivity index (χ1v) is 6.22. The number of aromatic nitrogens is 1. The molecule has 0 aliphatic carbocycles. The summed E-state index contributed by atoms with van der Waals surface area (Å²) in [6, 6.07) is 16.2. The van der Waals surface area contributed by atoms with Gasteiger partial charge in [-0.05, 0) is 35.7 Å². The second kappa shape index (κ2) is 4.61. The maximum atomic E-state index is 7.52. The lowest BCUT2D eigenvalue weighted by molar-refractivity contribution is 1.21. The van der Waals surface area contributed by atoms with E-state index in [1.807, 2.05) is 42.6 Å². The Labute approximate surface area is 111 Å². The average molecular weight is 249 g/mol. The highest BCUT2D eigenvalue weighted by atomic mass is 14.7. The van der Waals surface area contributed by atoms with E-state index in [-0.39, 0.29) is 5.84 Å². The van der Waals surface area contributed by atoms with Crippen LogP contribution in [0.5, 0.6) is 0 Å². The van der Waals surface area contributed by atoms with Gasteiger partial charge in [0.05, 0.1) is 0 Å². The molecule has 0 atom stereocenters. The third-order valence-electron chi connectivity index (χ3n) is 3.32. The van der Waals surface area contributed by atoms with Gasteiger partial charge in [-0.3, -0.25) is 5.41 Å². The van der Waals surface area contributed by atoms with Gasteiger partial charge in [-0.25, -0.2) is 0 Å². The summed E-state index contributed by atoms with van der Waals surface area (Å²) in [7, 11) is 0. The Morgan fingerprint density at radius 2 is 1.89 bits per heavy atom. The van der Waals surface area contributed by atoms with Crippen LogP contribution in [0.1, 0.15) is 16.7 Å². The number of H-pyrrole nitrogens is 1. The summed E-state index contributed by atoms with van der Waals surface area (Å²) in [4.78, 5) is 3.26. The van der Waals surface area contributed by atoms with E-state index in [4.69, 9.17) is 11.1 Å². The average Bonchev–Trinajstić information content (AvgIpc) is 2.82. The highest BCUT2D eigenvalue weighted by Crippen LogP contribution is 2.22. The zero-order valence-corrected chi connectivity index (χ0v) is 10.5. The number of benzene rings is 2. The zero-order chi connectivity index (χ0) is 13.2. The molecule has 3 heteroatoms. The minimum absolute atomic E-state index is 0.105. The van der Waals surface area contributed by atoms with Gasteiger partial charge in [0.25, 0.3) is 0 Å². The summed E-state index contributed by atoms with van der Waals surface area (Å²) >= 11 is 0. The quantitative estimate of drug-likeness (QED) is 0.485. The van der Waals surface area contributed by atoms with Crippen LogP contribution in [-0.2, 0) is 6.42 Å². The second-order valence-corrected chi connectivity index (χ2v) is 4.65. The van der Waals surface area contributed by atoms with Crippen LogP contribution in [0.25, 0.3) is 10.9 Å². The van der Waals surface area contributed by atoms with Crippen molar-refractivity contribution in [3.63, 3.8) is 0 Å². The normalized spacial score (nSPS) is 10.7. The monoisotopic (exact) mass is 249 g/mol. The summed E-state index contributed by atoms with van der Waals surface area (Å²) in [5.74, 6) is 0.105. The van der Waals surface area contributed by atoms with Crippen LogP contribution in [0.3, 0.4) is 0 Å². The Morgan fingerprint density at radius 3 is 2.63 bits per heavy atom. The van der Waals surface area contributed by atoms with Gasteiger partial charge in [-0.1, -0.05) is 30.3 Å². The van der Waals surface area contributed by atoms with Gasteiger partial charge in [-0.2, -0.15) is 0 Å².